The molecule has 0 saturated carbocycles. The normalized spacial score (nSPS) is 14.4. The molecule has 1 atom stereocenters. The van der Waals surface area contributed by atoms with Gasteiger partial charge in [0.05, 0.1) is 25.5 Å². The summed E-state index contributed by atoms with van der Waals surface area (Å²) in [5.41, 5.74) is 9.09. The topological polar surface area (TPSA) is 70.3 Å². The molecule has 21 heavy (non-hydrogen) atoms. The summed E-state index contributed by atoms with van der Waals surface area (Å²) in [6.07, 6.45) is 1.49. The van der Waals surface area contributed by atoms with E-state index in [1.54, 1.807) is 13.2 Å². The first-order chi connectivity index (χ1) is 10.2. The Bertz CT molecular complexity index is 646. The molecule has 1 aromatic carbocycles. The lowest BCUT2D eigenvalue weighted by atomic mass is 10.00. The minimum absolute atomic E-state index is 0.268. The Morgan fingerprint density at radius 2 is 2.24 bits per heavy atom. The maximum Gasteiger partial charge on any atom is 0.233 e. The van der Waals surface area contributed by atoms with Crippen molar-refractivity contribution in [1.29, 1.82) is 0 Å². The van der Waals surface area contributed by atoms with Gasteiger partial charge in [-0.15, -0.1) is 5.10 Å². The average molecular weight is 306 g/mol. The fourth-order valence-electron chi connectivity index (χ4n) is 2.48. The first kappa shape index (κ1) is 14.1. The first-order valence-corrected chi connectivity index (χ1v) is 7.12. The molecule has 0 bridgehead atoms. The summed E-state index contributed by atoms with van der Waals surface area (Å²) in [4.78, 5) is 0. The fraction of sp³-hybridized carbons (Fsp3) is 0.333. The van der Waals surface area contributed by atoms with E-state index in [9.17, 15) is 0 Å². The monoisotopic (exact) mass is 305 g/mol. The molecule has 1 unspecified atom stereocenters. The van der Waals surface area contributed by atoms with Crippen LogP contribution in [0.15, 0.2) is 24.3 Å². The summed E-state index contributed by atoms with van der Waals surface area (Å²) in [5.74, 6) is 1.38. The number of rotatable bonds is 4. The van der Waals surface area contributed by atoms with Crippen molar-refractivity contribution in [3.63, 3.8) is 0 Å². The van der Waals surface area contributed by atoms with Gasteiger partial charge in [0.25, 0.3) is 0 Å². The highest BCUT2D eigenvalue weighted by atomic mass is 35.5. The lowest BCUT2D eigenvalue weighted by Gasteiger charge is -2.14. The minimum atomic E-state index is -0.268. The number of nitrogens with zero attached hydrogens (tertiary/aromatic N) is 2. The number of hydrogen-bond donors (Lipinski definition) is 1. The second kappa shape index (κ2) is 5.87. The third-order valence-corrected chi connectivity index (χ3v) is 3.73. The van der Waals surface area contributed by atoms with Crippen LogP contribution in [0.2, 0.25) is 5.02 Å². The highest BCUT2D eigenvalue weighted by Gasteiger charge is 2.20. The second-order valence-electron chi connectivity index (χ2n) is 4.96. The Morgan fingerprint density at radius 3 is 2.95 bits per heavy atom. The van der Waals surface area contributed by atoms with Gasteiger partial charge in [0, 0.05) is 17.5 Å². The van der Waals surface area contributed by atoms with Crippen LogP contribution in [0, 0.1) is 0 Å². The maximum absolute atomic E-state index is 6.22. The summed E-state index contributed by atoms with van der Waals surface area (Å²) in [6, 6.07) is 7.16. The van der Waals surface area contributed by atoms with Crippen LogP contribution >= 0.6 is 11.6 Å². The van der Waals surface area contributed by atoms with Crippen LogP contribution < -0.4 is 15.2 Å². The zero-order chi connectivity index (χ0) is 14.8. The van der Waals surface area contributed by atoms with Crippen molar-refractivity contribution in [1.82, 2.24) is 10.2 Å². The van der Waals surface area contributed by atoms with Gasteiger partial charge in [0.1, 0.15) is 5.75 Å². The van der Waals surface area contributed by atoms with E-state index < -0.39 is 0 Å². The number of methoxy groups -OCH3 is 1. The van der Waals surface area contributed by atoms with Crippen LogP contribution in [0.5, 0.6) is 11.6 Å². The Kier molecular flexibility index (Phi) is 3.94. The van der Waals surface area contributed by atoms with Crippen molar-refractivity contribution >= 4 is 11.6 Å². The molecule has 1 aliphatic heterocycles. The minimum Gasteiger partial charge on any atom is -0.493 e. The zero-order valence-electron chi connectivity index (χ0n) is 11.7. The maximum atomic E-state index is 6.22. The molecule has 3 rings (SSSR count). The van der Waals surface area contributed by atoms with Gasteiger partial charge in [0.2, 0.25) is 5.88 Å². The van der Waals surface area contributed by atoms with E-state index in [4.69, 9.17) is 26.8 Å². The van der Waals surface area contributed by atoms with Gasteiger partial charge in [-0.05, 0) is 35.7 Å². The van der Waals surface area contributed by atoms with Crippen LogP contribution in [-0.4, -0.2) is 23.9 Å². The van der Waals surface area contributed by atoms with E-state index >= 15 is 0 Å². The number of hydrogen-bond acceptors (Lipinski definition) is 5. The number of aromatic nitrogens is 2. The Balaban J connectivity index is 1.82. The number of benzene rings is 1. The molecule has 0 saturated heterocycles. The molecule has 2 aromatic rings. The molecular formula is C15H16ClN3O2. The van der Waals surface area contributed by atoms with E-state index in [0.717, 1.165) is 23.3 Å². The molecule has 0 radical (unpaired) electrons. The van der Waals surface area contributed by atoms with Crippen LogP contribution in [0.4, 0.5) is 0 Å². The molecule has 0 aliphatic carbocycles. The quantitative estimate of drug-likeness (QED) is 0.938. The van der Waals surface area contributed by atoms with Crippen molar-refractivity contribution in [2.75, 3.05) is 13.7 Å². The van der Waals surface area contributed by atoms with Crippen LogP contribution in [-0.2, 0) is 12.8 Å². The predicted molar refractivity (Wildman–Crippen MR) is 79.9 cm³/mol. The van der Waals surface area contributed by atoms with Crippen molar-refractivity contribution in [2.45, 2.75) is 18.9 Å². The largest absolute Gasteiger partial charge is 0.493 e. The molecule has 1 aromatic heterocycles. The molecule has 2 heterocycles. The summed E-state index contributed by atoms with van der Waals surface area (Å²) < 4.78 is 10.7. The number of halogens is 1. The van der Waals surface area contributed by atoms with Gasteiger partial charge in [-0.2, -0.15) is 5.10 Å². The van der Waals surface area contributed by atoms with Crippen molar-refractivity contribution in [3.05, 3.63) is 46.1 Å². The van der Waals surface area contributed by atoms with Gasteiger partial charge >= 0.3 is 0 Å². The molecule has 1 aliphatic rings. The van der Waals surface area contributed by atoms with Gasteiger partial charge in [-0.1, -0.05) is 11.6 Å². The molecular weight excluding hydrogens is 290 g/mol. The summed E-state index contributed by atoms with van der Waals surface area (Å²) >= 11 is 6.16. The van der Waals surface area contributed by atoms with Crippen LogP contribution in [0.1, 0.15) is 22.9 Å². The van der Waals surface area contributed by atoms with Crippen LogP contribution in [0.25, 0.3) is 0 Å². The van der Waals surface area contributed by atoms with Crippen LogP contribution in [0.3, 0.4) is 0 Å². The number of nitrogens with two attached hydrogens (primary N) is 1. The highest BCUT2D eigenvalue weighted by molar-refractivity contribution is 6.30. The third kappa shape index (κ3) is 2.94. The predicted octanol–water partition coefficient (Wildman–Crippen LogP) is 2.32. The van der Waals surface area contributed by atoms with Gasteiger partial charge in [0.15, 0.2) is 0 Å². The van der Waals surface area contributed by atoms with E-state index in [0.29, 0.717) is 29.6 Å². The van der Waals surface area contributed by atoms with Crippen molar-refractivity contribution in [3.8, 4) is 11.6 Å². The SMILES string of the molecule is COc1ccc(C(N)Cc2cc(Cl)cc3c2OCC3)nn1. The zero-order valence-corrected chi connectivity index (χ0v) is 12.4. The second-order valence-corrected chi connectivity index (χ2v) is 5.40. The molecule has 2 N–H and O–H groups in total. The van der Waals surface area contributed by atoms with Gasteiger partial charge < -0.3 is 15.2 Å². The lowest BCUT2D eigenvalue weighted by molar-refractivity contribution is 0.352. The molecule has 110 valence electrons. The van der Waals surface area contributed by atoms with Gasteiger partial charge in [-0.3, -0.25) is 0 Å². The number of ether oxygens (including phenoxy) is 2. The molecule has 0 fully saturated rings. The van der Waals surface area contributed by atoms with Crippen molar-refractivity contribution in [2.24, 2.45) is 5.73 Å². The summed E-state index contributed by atoms with van der Waals surface area (Å²) in [5, 5.41) is 8.74. The Morgan fingerprint density at radius 1 is 1.38 bits per heavy atom. The molecule has 5 nitrogen and oxygen atoms in total. The summed E-state index contributed by atoms with van der Waals surface area (Å²) in [7, 11) is 1.55. The number of fused-ring (bicyclic) bond motifs is 1. The van der Waals surface area contributed by atoms with E-state index in [-0.39, 0.29) is 6.04 Å². The molecule has 0 spiro atoms. The van der Waals surface area contributed by atoms with Crippen molar-refractivity contribution < 1.29 is 9.47 Å². The first-order valence-electron chi connectivity index (χ1n) is 6.74. The Labute approximate surface area is 128 Å². The average Bonchev–Trinajstić information content (AvgIpc) is 2.95. The third-order valence-electron chi connectivity index (χ3n) is 3.51. The smallest absolute Gasteiger partial charge is 0.233 e. The van der Waals surface area contributed by atoms with E-state index in [1.807, 2.05) is 18.2 Å². The highest BCUT2D eigenvalue weighted by Crippen LogP contribution is 2.34. The van der Waals surface area contributed by atoms with Gasteiger partial charge in [-0.25, -0.2) is 0 Å². The molecule has 0 amide bonds. The van der Waals surface area contributed by atoms with E-state index in [1.165, 1.54) is 0 Å². The summed E-state index contributed by atoms with van der Waals surface area (Å²) in [6.45, 7) is 0.695. The Hall–Kier alpha value is -1.85. The fourth-order valence-corrected chi connectivity index (χ4v) is 2.74. The van der Waals surface area contributed by atoms with E-state index in [2.05, 4.69) is 10.2 Å². The lowest BCUT2D eigenvalue weighted by Crippen LogP contribution is -2.16. The standard InChI is InChI=1S/C15H16ClN3O2/c1-20-14-3-2-13(18-19-14)12(17)8-10-7-11(16)6-9-4-5-21-15(9)10/h2-3,6-7,12H,4-5,8,17H2,1H3. The molecule has 6 heteroatoms.